The zero-order valence-corrected chi connectivity index (χ0v) is 9.30. The molecular weight excluding hydrogens is 226 g/mol. The first kappa shape index (κ1) is 12.8. The van der Waals surface area contributed by atoms with Crippen molar-refractivity contribution in [3.8, 4) is 11.5 Å². The Labute approximate surface area is 97.9 Å². The quantitative estimate of drug-likeness (QED) is 0.759. The molecule has 17 heavy (non-hydrogen) atoms. The van der Waals surface area contributed by atoms with Crippen molar-refractivity contribution >= 4 is 11.9 Å². The van der Waals surface area contributed by atoms with Crippen molar-refractivity contribution in [2.45, 2.75) is 6.42 Å². The Balaban J connectivity index is 2.85. The smallest absolute Gasteiger partial charge is 0.339 e. The van der Waals surface area contributed by atoms with Gasteiger partial charge >= 0.3 is 5.97 Å². The van der Waals surface area contributed by atoms with Crippen molar-refractivity contribution in [3.05, 3.63) is 23.8 Å². The van der Waals surface area contributed by atoms with E-state index in [4.69, 9.17) is 20.3 Å². The van der Waals surface area contributed by atoms with Gasteiger partial charge in [0, 0.05) is 6.07 Å². The first-order chi connectivity index (χ1) is 8.04. The van der Waals surface area contributed by atoms with Crippen LogP contribution in [-0.2, 0) is 4.79 Å². The number of methoxy groups -OCH3 is 1. The van der Waals surface area contributed by atoms with Gasteiger partial charge in [-0.2, -0.15) is 0 Å². The normalized spacial score (nSPS) is 9.71. The molecule has 6 nitrogen and oxygen atoms in total. The van der Waals surface area contributed by atoms with Gasteiger partial charge in [0.25, 0.3) is 0 Å². The first-order valence-electron chi connectivity index (χ1n) is 4.87. The molecule has 92 valence electrons. The Morgan fingerprint density at radius 2 is 2.12 bits per heavy atom. The van der Waals surface area contributed by atoms with Crippen molar-refractivity contribution in [2.24, 2.45) is 5.73 Å². The van der Waals surface area contributed by atoms with Crippen LogP contribution in [0.2, 0.25) is 0 Å². The summed E-state index contributed by atoms with van der Waals surface area (Å²) >= 11 is 0. The van der Waals surface area contributed by atoms with E-state index in [0.717, 1.165) is 0 Å². The Kier molecular flexibility index (Phi) is 4.33. The van der Waals surface area contributed by atoms with E-state index in [9.17, 15) is 9.59 Å². The van der Waals surface area contributed by atoms with Gasteiger partial charge in [-0.05, 0) is 12.1 Å². The zero-order valence-electron chi connectivity index (χ0n) is 9.30. The fraction of sp³-hybridized carbons (Fsp3) is 0.273. The number of nitrogens with two attached hydrogens (primary N) is 1. The number of carboxylic acid groups (broad SMARTS) is 1. The van der Waals surface area contributed by atoms with Crippen LogP contribution in [0.3, 0.4) is 0 Å². The van der Waals surface area contributed by atoms with E-state index in [1.807, 2.05) is 0 Å². The molecule has 0 heterocycles. The molecule has 0 saturated carbocycles. The molecule has 0 aliphatic carbocycles. The van der Waals surface area contributed by atoms with Gasteiger partial charge in [0.05, 0.1) is 20.1 Å². The highest BCUT2D eigenvalue weighted by Crippen LogP contribution is 2.24. The number of carbonyl (C=O) groups excluding carboxylic acids is 1. The van der Waals surface area contributed by atoms with Gasteiger partial charge in [-0.15, -0.1) is 0 Å². The Morgan fingerprint density at radius 1 is 1.41 bits per heavy atom. The molecule has 0 aromatic heterocycles. The third-order valence-corrected chi connectivity index (χ3v) is 2.03. The predicted octanol–water partition coefficient (Wildman–Crippen LogP) is 0.648. The number of carbonyl (C=O) groups is 2. The Hall–Kier alpha value is -2.24. The highest BCUT2D eigenvalue weighted by atomic mass is 16.5. The topological polar surface area (TPSA) is 98.8 Å². The van der Waals surface area contributed by atoms with E-state index in [1.165, 1.54) is 25.3 Å². The SMILES string of the molecule is COc1ccc(C(=O)O)c(OCCC(N)=O)c1. The molecule has 0 unspecified atom stereocenters. The van der Waals surface area contributed by atoms with E-state index in [2.05, 4.69) is 0 Å². The lowest BCUT2D eigenvalue weighted by Gasteiger charge is -2.09. The maximum Gasteiger partial charge on any atom is 0.339 e. The minimum absolute atomic E-state index is 0.00951. The van der Waals surface area contributed by atoms with Crippen LogP contribution in [0, 0.1) is 0 Å². The van der Waals surface area contributed by atoms with Crippen LogP contribution in [0.5, 0.6) is 11.5 Å². The van der Waals surface area contributed by atoms with Crippen molar-refractivity contribution in [1.29, 1.82) is 0 Å². The van der Waals surface area contributed by atoms with Crippen molar-refractivity contribution in [1.82, 2.24) is 0 Å². The van der Waals surface area contributed by atoms with Crippen LogP contribution in [0.25, 0.3) is 0 Å². The van der Waals surface area contributed by atoms with Gasteiger partial charge in [-0.25, -0.2) is 4.79 Å². The number of ether oxygens (including phenoxy) is 2. The van der Waals surface area contributed by atoms with Crippen LogP contribution in [0.1, 0.15) is 16.8 Å². The lowest BCUT2D eigenvalue weighted by Crippen LogP contribution is -2.15. The molecular formula is C11H13NO5. The number of primary amides is 1. The predicted molar refractivity (Wildman–Crippen MR) is 59.3 cm³/mol. The fourth-order valence-corrected chi connectivity index (χ4v) is 1.19. The lowest BCUT2D eigenvalue weighted by atomic mass is 10.2. The van der Waals surface area contributed by atoms with Crippen molar-refractivity contribution in [2.75, 3.05) is 13.7 Å². The molecule has 0 atom stereocenters. The molecule has 1 rings (SSSR count). The third-order valence-electron chi connectivity index (χ3n) is 2.03. The van der Waals surface area contributed by atoms with Crippen LogP contribution in [0.15, 0.2) is 18.2 Å². The van der Waals surface area contributed by atoms with Gasteiger partial charge < -0.3 is 20.3 Å². The monoisotopic (exact) mass is 239 g/mol. The van der Waals surface area contributed by atoms with Crippen LogP contribution < -0.4 is 15.2 Å². The lowest BCUT2D eigenvalue weighted by molar-refractivity contribution is -0.118. The molecule has 0 aliphatic heterocycles. The minimum Gasteiger partial charge on any atom is -0.497 e. The molecule has 1 amide bonds. The summed E-state index contributed by atoms with van der Waals surface area (Å²) in [5, 5.41) is 8.93. The highest BCUT2D eigenvalue weighted by molar-refractivity contribution is 5.91. The average molecular weight is 239 g/mol. The molecule has 0 bridgehead atoms. The first-order valence-corrected chi connectivity index (χ1v) is 4.87. The number of hydrogen-bond donors (Lipinski definition) is 2. The van der Waals surface area contributed by atoms with Gasteiger partial charge in [0.2, 0.25) is 5.91 Å². The number of hydrogen-bond acceptors (Lipinski definition) is 4. The Bertz CT molecular complexity index is 430. The van der Waals surface area contributed by atoms with Crippen molar-refractivity contribution < 1.29 is 24.2 Å². The molecule has 0 aliphatic rings. The second kappa shape index (κ2) is 5.74. The summed E-state index contributed by atoms with van der Waals surface area (Å²) in [5.74, 6) is -0.992. The molecule has 1 aromatic carbocycles. The summed E-state index contributed by atoms with van der Waals surface area (Å²) in [4.78, 5) is 21.4. The maximum absolute atomic E-state index is 10.9. The number of aromatic carboxylic acids is 1. The summed E-state index contributed by atoms with van der Waals surface area (Å²) in [6, 6.07) is 4.34. The molecule has 0 spiro atoms. The standard InChI is InChI=1S/C11H13NO5/c1-16-7-2-3-8(11(14)15)9(6-7)17-5-4-10(12)13/h2-3,6H,4-5H2,1H3,(H2,12,13)(H,14,15). The summed E-state index contributed by atoms with van der Waals surface area (Å²) in [6.07, 6.45) is 0.0241. The summed E-state index contributed by atoms with van der Waals surface area (Å²) in [7, 11) is 1.46. The fourth-order valence-electron chi connectivity index (χ4n) is 1.19. The van der Waals surface area contributed by atoms with Crippen LogP contribution >= 0.6 is 0 Å². The minimum atomic E-state index is -1.11. The van der Waals surface area contributed by atoms with E-state index in [0.29, 0.717) is 5.75 Å². The maximum atomic E-state index is 10.9. The van der Waals surface area contributed by atoms with E-state index < -0.39 is 11.9 Å². The summed E-state index contributed by atoms with van der Waals surface area (Å²) in [5.41, 5.74) is 4.96. The van der Waals surface area contributed by atoms with Gasteiger partial charge in [0.15, 0.2) is 0 Å². The molecule has 0 radical (unpaired) electrons. The van der Waals surface area contributed by atoms with Crippen LogP contribution in [-0.4, -0.2) is 30.7 Å². The van der Waals surface area contributed by atoms with Gasteiger partial charge in [-0.1, -0.05) is 0 Å². The number of benzene rings is 1. The molecule has 6 heteroatoms. The van der Waals surface area contributed by atoms with Gasteiger partial charge in [0.1, 0.15) is 17.1 Å². The van der Waals surface area contributed by atoms with E-state index in [1.54, 1.807) is 0 Å². The summed E-state index contributed by atoms with van der Waals surface area (Å²) in [6.45, 7) is 0.0305. The van der Waals surface area contributed by atoms with Crippen molar-refractivity contribution in [3.63, 3.8) is 0 Å². The van der Waals surface area contributed by atoms with Gasteiger partial charge in [-0.3, -0.25) is 4.79 Å². The highest BCUT2D eigenvalue weighted by Gasteiger charge is 2.12. The number of rotatable bonds is 6. The number of amides is 1. The average Bonchev–Trinajstić information content (AvgIpc) is 2.28. The second-order valence-electron chi connectivity index (χ2n) is 3.23. The number of carboxylic acids is 1. The molecule has 3 N–H and O–H groups in total. The largest absolute Gasteiger partial charge is 0.497 e. The third kappa shape index (κ3) is 3.67. The molecule has 1 aromatic rings. The Morgan fingerprint density at radius 3 is 2.65 bits per heavy atom. The molecule has 0 saturated heterocycles. The van der Waals surface area contributed by atoms with Crippen LogP contribution in [0.4, 0.5) is 0 Å². The molecule has 0 fully saturated rings. The second-order valence-corrected chi connectivity index (χ2v) is 3.23. The summed E-state index contributed by atoms with van der Waals surface area (Å²) < 4.78 is 10.1. The van der Waals surface area contributed by atoms with E-state index in [-0.39, 0.29) is 24.3 Å². The van der Waals surface area contributed by atoms with E-state index >= 15 is 0 Å². The zero-order chi connectivity index (χ0) is 12.8.